The summed E-state index contributed by atoms with van der Waals surface area (Å²) in [6.07, 6.45) is 0. The number of hydrogen-bond donors (Lipinski definition) is 0. The SMILES string of the molecule is N#CCOC(=O)c1ccc2ccccc2[n+]1Cc1ccccc1. The van der Waals surface area contributed by atoms with Gasteiger partial charge in [-0.3, -0.25) is 0 Å². The van der Waals surface area contributed by atoms with Gasteiger partial charge in [0, 0.05) is 23.1 Å². The van der Waals surface area contributed by atoms with Crippen LogP contribution in [-0.4, -0.2) is 12.6 Å². The number of esters is 1. The Morgan fingerprint density at radius 2 is 1.74 bits per heavy atom. The van der Waals surface area contributed by atoms with E-state index in [1.807, 2.05) is 71.3 Å². The van der Waals surface area contributed by atoms with E-state index in [1.165, 1.54) is 0 Å². The van der Waals surface area contributed by atoms with Crippen LogP contribution in [0.5, 0.6) is 0 Å². The third kappa shape index (κ3) is 3.19. The number of pyridine rings is 1. The number of fused-ring (bicyclic) bond motifs is 1. The molecule has 4 heteroatoms. The van der Waals surface area contributed by atoms with Crippen LogP contribution in [0.15, 0.2) is 66.7 Å². The summed E-state index contributed by atoms with van der Waals surface area (Å²) in [5.41, 5.74) is 2.47. The molecule has 0 radical (unpaired) electrons. The van der Waals surface area contributed by atoms with Crippen molar-refractivity contribution in [2.24, 2.45) is 0 Å². The maximum Gasteiger partial charge on any atom is 0.404 e. The number of rotatable bonds is 4. The van der Waals surface area contributed by atoms with Crippen LogP contribution in [0.2, 0.25) is 0 Å². The van der Waals surface area contributed by atoms with Crippen LogP contribution in [0.3, 0.4) is 0 Å². The normalized spacial score (nSPS) is 10.2. The fourth-order valence-electron chi connectivity index (χ4n) is 2.55. The summed E-state index contributed by atoms with van der Waals surface area (Å²) in [7, 11) is 0. The Labute approximate surface area is 134 Å². The van der Waals surface area contributed by atoms with Gasteiger partial charge in [-0.2, -0.15) is 9.83 Å². The Bertz CT molecular complexity index is 883. The van der Waals surface area contributed by atoms with Gasteiger partial charge in [-0.25, -0.2) is 4.79 Å². The lowest BCUT2D eigenvalue weighted by atomic mass is 10.1. The summed E-state index contributed by atoms with van der Waals surface area (Å²) >= 11 is 0. The Balaban J connectivity index is 2.10. The van der Waals surface area contributed by atoms with Crippen molar-refractivity contribution in [2.45, 2.75) is 6.54 Å². The average Bonchev–Trinajstić information content (AvgIpc) is 2.61. The fourth-order valence-corrected chi connectivity index (χ4v) is 2.55. The predicted molar refractivity (Wildman–Crippen MR) is 85.6 cm³/mol. The van der Waals surface area contributed by atoms with Gasteiger partial charge in [0.1, 0.15) is 6.07 Å². The summed E-state index contributed by atoms with van der Waals surface area (Å²) < 4.78 is 6.90. The second-order valence-corrected chi connectivity index (χ2v) is 5.08. The molecule has 0 bridgehead atoms. The largest absolute Gasteiger partial charge is 0.442 e. The van der Waals surface area contributed by atoms with Crippen molar-refractivity contribution in [3.63, 3.8) is 0 Å². The topological polar surface area (TPSA) is 54.0 Å². The number of ether oxygens (including phenoxy) is 1. The molecule has 0 atom stereocenters. The fraction of sp³-hybridized carbons (Fsp3) is 0.105. The van der Waals surface area contributed by atoms with Crippen LogP contribution < -0.4 is 4.57 Å². The van der Waals surface area contributed by atoms with Gasteiger partial charge in [0.15, 0.2) is 13.2 Å². The monoisotopic (exact) mass is 303 g/mol. The van der Waals surface area contributed by atoms with E-state index in [9.17, 15) is 4.79 Å². The number of nitrogens with zero attached hydrogens (tertiary/aromatic N) is 2. The maximum absolute atomic E-state index is 12.3. The summed E-state index contributed by atoms with van der Waals surface area (Å²) in [5.74, 6) is -0.492. The number of aromatic nitrogens is 1. The molecule has 3 rings (SSSR count). The van der Waals surface area contributed by atoms with Crippen LogP contribution in [-0.2, 0) is 11.3 Å². The first-order valence-corrected chi connectivity index (χ1v) is 7.29. The zero-order valence-electron chi connectivity index (χ0n) is 12.5. The van der Waals surface area contributed by atoms with Crippen LogP contribution in [0.4, 0.5) is 0 Å². The average molecular weight is 303 g/mol. The molecular formula is C19H15N2O2+. The minimum Gasteiger partial charge on any atom is -0.442 e. The molecular weight excluding hydrogens is 288 g/mol. The van der Waals surface area contributed by atoms with Crippen molar-refractivity contribution in [2.75, 3.05) is 6.61 Å². The van der Waals surface area contributed by atoms with Gasteiger partial charge in [-0.1, -0.05) is 42.5 Å². The number of para-hydroxylation sites is 1. The third-order valence-corrected chi connectivity index (χ3v) is 3.60. The summed E-state index contributed by atoms with van der Waals surface area (Å²) in [4.78, 5) is 12.3. The standard InChI is InChI=1S/C19H15N2O2/c20-12-13-23-19(22)18-11-10-16-8-4-5-9-17(16)21(18)14-15-6-2-1-3-7-15/h1-11H,13-14H2/q+1. The van der Waals surface area contributed by atoms with Crippen LogP contribution in [0.1, 0.15) is 16.1 Å². The van der Waals surface area contributed by atoms with E-state index in [1.54, 1.807) is 6.07 Å². The van der Waals surface area contributed by atoms with Crippen molar-refractivity contribution in [3.8, 4) is 6.07 Å². The highest BCUT2D eigenvalue weighted by atomic mass is 16.5. The second kappa shape index (κ2) is 6.71. The molecule has 0 saturated carbocycles. The zero-order valence-corrected chi connectivity index (χ0v) is 12.5. The van der Waals surface area contributed by atoms with Gasteiger partial charge in [0.2, 0.25) is 5.52 Å². The van der Waals surface area contributed by atoms with E-state index in [-0.39, 0.29) is 6.61 Å². The van der Waals surface area contributed by atoms with Crippen molar-refractivity contribution in [3.05, 3.63) is 78.0 Å². The summed E-state index contributed by atoms with van der Waals surface area (Å²) in [6.45, 7) is 0.302. The number of nitriles is 1. The smallest absolute Gasteiger partial charge is 0.404 e. The van der Waals surface area contributed by atoms with Gasteiger partial charge in [0.05, 0.1) is 0 Å². The van der Waals surface area contributed by atoms with E-state index in [0.29, 0.717) is 12.2 Å². The van der Waals surface area contributed by atoms with Gasteiger partial charge in [-0.05, 0) is 12.1 Å². The Kier molecular flexibility index (Phi) is 4.30. The van der Waals surface area contributed by atoms with Crippen molar-refractivity contribution in [1.82, 2.24) is 0 Å². The second-order valence-electron chi connectivity index (χ2n) is 5.08. The lowest BCUT2D eigenvalue weighted by Crippen LogP contribution is -2.42. The quantitative estimate of drug-likeness (QED) is 0.550. The van der Waals surface area contributed by atoms with E-state index < -0.39 is 5.97 Å². The molecule has 0 aliphatic heterocycles. The Hall–Kier alpha value is -3.19. The molecule has 0 saturated heterocycles. The number of carbonyl (C=O) groups is 1. The molecule has 0 aliphatic carbocycles. The first-order chi connectivity index (χ1) is 11.3. The molecule has 112 valence electrons. The van der Waals surface area contributed by atoms with Crippen molar-refractivity contribution < 1.29 is 14.1 Å². The highest BCUT2D eigenvalue weighted by Crippen LogP contribution is 2.12. The Morgan fingerprint density at radius 3 is 2.52 bits per heavy atom. The highest BCUT2D eigenvalue weighted by molar-refractivity contribution is 5.88. The predicted octanol–water partition coefficient (Wildman–Crippen LogP) is 2.86. The first kappa shape index (κ1) is 14.7. The highest BCUT2D eigenvalue weighted by Gasteiger charge is 2.23. The zero-order chi connectivity index (χ0) is 16.1. The molecule has 1 heterocycles. The third-order valence-electron chi connectivity index (χ3n) is 3.60. The molecule has 0 unspecified atom stereocenters. The van der Waals surface area contributed by atoms with E-state index in [2.05, 4.69) is 0 Å². The molecule has 23 heavy (non-hydrogen) atoms. The molecule has 4 nitrogen and oxygen atoms in total. The number of benzene rings is 2. The van der Waals surface area contributed by atoms with Crippen molar-refractivity contribution >= 4 is 16.9 Å². The molecule has 0 spiro atoms. The van der Waals surface area contributed by atoms with Gasteiger partial charge < -0.3 is 4.74 Å². The molecule has 1 aromatic heterocycles. The first-order valence-electron chi connectivity index (χ1n) is 7.29. The van der Waals surface area contributed by atoms with E-state index in [4.69, 9.17) is 10.00 Å². The summed E-state index contributed by atoms with van der Waals surface area (Å²) in [6, 6.07) is 23.2. The van der Waals surface area contributed by atoms with Gasteiger partial charge in [-0.15, -0.1) is 0 Å². The van der Waals surface area contributed by atoms with Crippen LogP contribution >= 0.6 is 0 Å². The minimum absolute atomic E-state index is 0.253. The lowest BCUT2D eigenvalue weighted by Gasteiger charge is -2.07. The van der Waals surface area contributed by atoms with E-state index in [0.717, 1.165) is 16.5 Å². The molecule has 0 amide bonds. The minimum atomic E-state index is -0.492. The van der Waals surface area contributed by atoms with Gasteiger partial charge >= 0.3 is 5.97 Å². The molecule has 0 fully saturated rings. The van der Waals surface area contributed by atoms with Gasteiger partial charge in [0.25, 0.3) is 5.69 Å². The van der Waals surface area contributed by atoms with Crippen LogP contribution in [0.25, 0.3) is 10.9 Å². The molecule has 0 aliphatic rings. The van der Waals surface area contributed by atoms with E-state index >= 15 is 0 Å². The molecule has 0 N–H and O–H groups in total. The Morgan fingerprint density at radius 1 is 1.00 bits per heavy atom. The number of carbonyl (C=O) groups excluding carboxylic acids is 1. The number of hydrogen-bond acceptors (Lipinski definition) is 3. The van der Waals surface area contributed by atoms with Crippen molar-refractivity contribution in [1.29, 1.82) is 5.26 Å². The maximum atomic E-state index is 12.3. The van der Waals surface area contributed by atoms with Crippen LogP contribution in [0, 0.1) is 11.3 Å². The molecule has 3 aromatic rings. The molecule has 2 aromatic carbocycles. The summed E-state index contributed by atoms with van der Waals surface area (Å²) in [5, 5.41) is 9.65. The lowest BCUT2D eigenvalue weighted by molar-refractivity contribution is -0.665.